The Morgan fingerprint density at radius 1 is 1.27 bits per heavy atom. The molecule has 1 fully saturated rings. The van der Waals surface area contributed by atoms with Gasteiger partial charge < -0.3 is 14.4 Å². The molecule has 0 saturated heterocycles. The highest BCUT2D eigenvalue weighted by atomic mass is 79.9. The van der Waals surface area contributed by atoms with Gasteiger partial charge in [0.05, 0.1) is 20.8 Å². The van der Waals surface area contributed by atoms with Crippen LogP contribution in [0.2, 0.25) is 5.02 Å². The van der Waals surface area contributed by atoms with Gasteiger partial charge in [-0.05, 0) is 53.0 Å². The fourth-order valence-electron chi connectivity index (χ4n) is 2.77. The lowest BCUT2D eigenvalue weighted by Gasteiger charge is -2.24. The van der Waals surface area contributed by atoms with Gasteiger partial charge in [0.15, 0.2) is 0 Å². The highest BCUT2D eigenvalue weighted by Crippen LogP contribution is 2.38. The van der Waals surface area contributed by atoms with Crippen LogP contribution in [0.1, 0.15) is 28.8 Å². The van der Waals surface area contributed by atoms with E-state index in [1.54, 1.807) is 29.2 Å². The van der Waals surface area contributed by atoms with Crippen LogP contribution in [0.5, 0.6) is 11.5 Å². The molecule has 4 nitrogen and oxygen atoms in total. The third-order valence-corrected chi connectivity index (χ3v) is 5.47. The van der Waals surface area contributed by atoms with E-state index in [1.165, 1.54) is 20.3 Å². The van der Waals surface area contributed by atoms with Crippen molar-refractivity contribution >= 4 is 33.4 Å². The van der Waals surface area contributed by atoms with Crippen molar-refractivity contribution in [1.29, 1.82) is 0 Å². The van der Waals surface area contributed by atoms with Gasteiger partial charge in [-0.25, -0.2) is 4.39 Å². The summed E-state index contributed by atoms with van der Waals surface area (Å²) in [6.07, 6.45) is 1.78. The number of ether oxygens (including phenoxy) is 2. The van der Waals surface area contributed by atoms with Gasteiger partial charge in [-0.2, -0.15) is 0 Å². The van der Waals surface area contributed by atoms with Gasteiger partial charge in [-0.1, -0.05) is 17.7 Å². The van der Waals surface area contributed by atoms with E-state index in [4.69, 9.17) is 21.1 Å². The van der Waals surface area contributed by atoms with Gasteiger partial charge in [0.25, 0.3) is 5.91 Å². The van der Waals surface area contributed by atoms with Gasteiger partial charge in [0, 0.05) is 22.2 Å². The van der Waals surface area contributed by atoms with Gasteiger partial charge >= 0.3 is 0 Å². The van der Waals surface area contributed by atoms with Crippen LogP contribution in [0.15, 0.2) is 34.8 Å². The van der Waals surface area contributed by atoms with E-state index in [-0.39, 0.29) is 18.5 Å². The Bertz CT molecular complexity index is 796. The number of benzene rings is 2. The minimum Gasteiger partial charge on any atom is -0.495 e. The minimum absolute atomic E-state index is 0.0822. The number of rotatable bonds is 6. The lowest BCUT2D eigenvalue weighted by molar-refractivity contribution is 0.0727. The zero-order valence-electron chi connectivity index (χ0n) is 14.4. The van der Waals surface area contributed by atoms with Crippen LogP contribution in [0, 0.1) is 5.82 Å². The van der Waals surface area contributed by atoms with Gasteiger partial charge in [0.2, 0.25) is 0 Å². The number of halogens is 3. The Morgan fingerprint density at radius 3 is 2.38 bits per heavy atom. The summed E-state index contributed by atoms with van der Waals surface area (Å²) in [5.74, 6) is 0.359. The first-order chi connectivity index (χ1) is 12.5. The largest absolute Gasteiger partial charge is 0.495 e. The average molecular weight is 443 g/mol. The van der Waals surface area contributed by atoms with Crippen molar-refractivity contribution in [3.8, 4) is 11.5 Å². The Kier molecular flexibility index (Phi) is 5.73. The lowest BCUT2D eigenvalue weighted by atomic mass is 10.1. The summed E-state index contributed by atoms with van der Waals surface area (Å²) in [5, 5.41) is 0.314. The molecule has 0 spiro atoms. The van der Waals surface area contributed by atoms with Crippen LogP contribution in [0.25, 0.3) is 0 Å². The van der Waals surface area contributed by atoms with Crippen LogP contribution in [-0.4, -0.2) is 31.1 Å². The molecule has 0 N–H and O–H groups in total. The molecule has 0 unspecified atom stereocenters. The smallest absolute Gasteiger partial charge is 0.254 e. The second-order valence-electron chi connectivity index (χ2n) is 6.06. The first kappa shape index (κ1) is 19.0. The summed E-state index contributed by atoms with van der Waals surface area (Å²) in [6.45, 7) is 0.121. The molecular weight excluding hydrogens is 425 g/mol. The Labute approximate surface area is 165 Å². The summed E-state index contributed by atoms with van der Waals surface area (Å²) in [5.41, 5.74) is 0.742. The molecule has 1 amide bonds. The fourth-order valence-corrected chi connectivity index (χ4v) is 3.54. The van der Waals surface area contributed by atoms with E-state index in [9.17, 15) is 9.18 Å². The van der Waals surface area contributed by atoms with Crippen LogP contribution >= 0.6 is 27.5 Å². The van der Waals surface area contributed by atoms with Gasteiger partial charge in [0.1, 0.15) is 21.8 Å². The number of nitrogens with zero attached hydrogens (tertiary/aromatic N) is 1. The molecule has 0 aliphatic heterocycles. The molecule has 7 heteroatoms. The van der Waals surface area contributed by atoms with Crippen molar-refractivity contribution < 1.29 is 18.7 Å². The zero-order chi connectivity index (χ0) is 18.8. The van der Waals surface area contributed by atoms with Crippen LogP contribution in [0.3, 0.4) is 0 Å². The van der Waals surface area contributed by atoms with E-state index in [1.807, 2.05) is 0 Å². The highest BCUT2D eigenvalue weighted by molar-refractivity contribution is 9.10. The summed E-state index contributed by atoms with van der Waals surface area (Å²) in [7, 11) is 3.04. The second kappa shape index (κ2) is 7.84. The highest BCUT2D eigenvalue weighted by Gasteiger charge is 2.34. The van der Waals surface area contributed by atoms with Crippen molar-refractivity contribution in [2.45, 2.75) is 25.4 Å². The third kappa shape index (κ3) is 3.81. The fraction of sp³-hybridized carbons (Fsp3) is 0.316. The standard InChI is InChI=1S/C19H18BrClFNO3/c1-25-16-8-11(9-17(26-2)18(16)20)19(24)23(12-6-7-12)10-13-14(21)4-3-5-15(13)22/h3-5,8-9,12H,6-7,10H2,1-2H3. The number of hydrogen-bond acceptors (Lipinski definition) is 3. The molecule has 1 saturated carbocycles. The molecule has 0 heterocycles. The molecule has 138 valence electrons. The maximum atomic E-state index is 14.2. The summed E-state index contributed by atoms with van der Waals surface area (Å²) < 4.78 is 25.4. The van der Waals surface area contributed by atoms with E-state index in [0.29, 0.717) is 32.1 Å². The Hall–Kier alpha value is -1.79. The van der Waals surface area contributed by atoms with Crippen molar-refractivity contribution in [1.82, 2.24) is 4.90 Å². The van der Waals surface area contributed by atoms with Crippen molar-refractivity contribution in [2.75, 3.05) is 14.2 Å². The van der Waals surface area contributed by atoms with E-state index in [2.05, 4.69) is 15.9 Å². The predicted octanol–water partition coefficient (Wildman–Crippen LogP) is 5.06. The number of carbonyl (C=O) groups is 1. The summed E-state index contributed by atoms with van der Waals surface area (Å²) in [6, 6.07) is 7.90. The van der Waals surface area contributed by atoms with Crippen molar-refractivity contribution in [3.63, 3.8) is 0 Å². The normalized spacial score (nSPS) is 13.4. The van der Waals surface area contributed by atoms with E-state index >= 15 is 0 Å². The maximum Gasteiger partial charge on any atom is 0.254 e. The second-order valence-corrected chi connectivity index (χ2v) is 7.26. The summed E-state index contributed by atoms with van der Waals surface area (Å²) >= 11 is 9.54. The van der Waals surface area contributed by atoms with Crippen LogP contribution < -0.4 is 9.47 Å². The number of amides is 1. The molecule has 0 atom stereocenters. The van der Waals surface area contributed by atoms with E-state index in [0.717, 1.165) is 12.8 Å². The lowest BCUT2D eigenvalue weighted by Crippen LogP contribution is -2.33. The summed E-state index contributed by atoms with van der Waals surface area (Å²) in [4.78, 5) is 14.8. The van der Waals surface area contributed by atoms with Crippen LogP contribution in [0.4, 0.5) is 4.39 Å². The van der Waals surface area contributed by atoms with Crippen LogP contribution in [-0.2, 0) is 6.54 Å². The molecule has 0 aromatic heterocycles. The molecule has 1 aliphatic rings. The van der Waals surface area contributed by atoms with Crippen molar-refractivity contribution in [2.24, 2.45) is 0 Å². The third-order valence-electron chi connectivity index (χ3n) is 4.33. The first-order valence-corrected chi connectivity index (χ1v) is 9.28. The molecule has 2 aromatic rings. The molecule has 26 heavy (non-hydrogen) atoms. The quantitative estimate of drug-likeness (QED) is 0.627. The predicted molar refractivity (Wildman–Crippen MR) is 102 cm³/mol. The zero-order valence-corrected chi connectivity index (χ0v) is 16.7. The molecule has 2 aromatic carbocycles. The molecule has 0 bridgehead atoms. The maximum absolute atomic E-state index is 14.2. The van der Waals surface area contributed by atoms with Crippen molar-refractivity contribution in [3.05, 3.63) is 56.8 Å². The average Bonchev–Trinajstić information content (AvgIpc) is 3.46. The minimum atomic E-state index is -0.415. The number of methoxy groups -OCH3 is 2. The number of hydrogen-bond donors (Lipinski definition) is 0. The molecule has 0 radical (unpaired) electrons. The monoisotopic (exact) mass is 441 g/mol. The first-order valence-electron chi connectivity index (χ1n) is 8.11. The number of carbonyl (C=O) groups excluding carboxylic acids is 1. The van der Waals surface area contributed by atoms with Gasteiger partial charge in [-0.3, -0.25) is 4.79 Å². The topological polar surface area (TPSA) is 38.8 Å². The SMILES string of the molecule is COc1cc(C(=O)N(Cc2c(F)cccc2Cl)C2CC2)cc(OC)c1Br. The molecule has 1 aliphatic carbocycles. The molecular formula is C19H18BrClFNO3. The molecule has 3 rings (SSSR count). The van der Waals surface area contributed by atoms with E-state index < -0.39 is 5.82 Å². The van der Waals surface area contributed by atoms with Gasteiger partial charge in [-0.15, -0.1) is 0 Å². The Morgan fingerprint density at radius 2 is 1.88 bits per heavy atom. The Balaban J connectivity index is 1.95.